The number of carbonyl (C=O) groups excluding carboxylic acids is 2. The molecule has 35 heavy (non-hydrogen) atoms. The van der Waals surface area contributed by atoms with Crippen molar-refractivity contribution in [2.45, 2.75) is 20.3 Å². The smallest absolute Gasteiger partial charge is 0.258 e. The molecule has 2 amide bonds. The average Bonchev–Trinajstić information content (AvgIpc) is 2.79. The molecule has 0 spiro atoms. The first-order chi connectivity index (χ1) is 16.8. The molecule has 7 nitrogen and oxygen atoms in total. The molecule has 180 valence electrons. The topological polar surface area (TPSA) is 94.5 Å². The molecule has 3 aromatic rings. The first kappa shape index (κ1) is 23.9. The van der Waals surface area contributed by atoms with Gasteiger partial charge >= 0.3 is 0 Å². The lowest BCUT2D eigenvalue weighted by Crippen LogP contribution is -2.42. The number of nitrogens with zero attached hydrogens (tertiary/aromatic N) is 1. The summed E-state index contributed by atoms with van der Waals surface area (Å²) in [5.74, 6) is -1.40. The monoisotopic (exact) mass is 474 g/mol. The van der Waals surface area contributed by atoms with Gasteiger partial charge in [0.25, 0.3) is 11.8 Å². The summed E-state index contributed by atoms with van der Waals surface area (Å²) in [4.78, 5) is 28.0. The third kappa shape index (κ3) is 5.16. The first-order valence-corrected chi connectivity index (χ1v) is 11.3. The summed E-state index contributed by atoms with van der Waals surface area (Å²) in [7, 11) is 1.43. The van der Waals surface area contributed by atoms with Crippen molar-refractivity contribution in [3.8, 4) is 5.75 Å². The minimum Gasteiger partial charge on any atom is -0.495 e. The van der Waals surface area contributed by atoms with Gasteiger partial charge in [-0.1, -0.05) is 23.8 Å². The number of hydrogen-bond donors (Lipinski definition) is 3. The van der Waals surface area contributed by atoms with Gasteiger partial charge in [0.05, 0.1) is 23.9 Å². The molecule has 0 radical (unpaired) electrons. The van der Waals surface area contributed by atoms with E-state index in [1.54, 1.807) is 30.3 Å². The summed E-state index contributed by atoms with van der Waals surface area (Å²) in [6.45, 7) is 5.29. The summed E-state index contributed by atoms with van der Waals surface area (Å²) in [6.07, 6.45) is 1.00. The second kappa shape index (κ2) is 9.97. The number of nitrogens with one attached hydrogen (secondary N) is 3. The molecule has 3 aromatic carbocycles. The summed E-state index contributed by atoms with van der Waals surface area (Å²) in [6, 6.07) is 14.7. The maximum atomic E-state index is 14.9. The van der Waals surface area contributed by atoms with E-state index in [2.05, 4.69) is 10.6 Å². The maximum absolute atomic E-state index is 14.9. The van der Waals surface area contributed by atoms with E-state index >= 15 is 0 Å². The van der Waals surface area contributed by atoms with Crippen molar-refractivity contribution >= 4 is 29.0 Å². The predicted molar refractivity (Wildman–Crippen MR) is 134 cm³/mol. The Hall–Kier alpha value is -4.20. The Labute approximate surface area is 203 Å². The molecule has 3 N–H and O–H groups in total. The lowest BCUT2D eigenvalue weighted by molar-refractivity contribution is 0.102. The van der Waals surface area contributed by atoms with Gasteiger partial charge in [0.2, 0.25) is 0 Å². The molecule has 1 heterocycles. The van der Waals surface area contributed by atoms with E-state index in [-0.39, 0.29) is 28.4 Å². The standard InChI is InChI=1S/C27H27FN4O3/c1-16-5-8-19(9-6-16)30-27(34)21-13-17(2)14-23(35-3)24(21)31-26(33)20-10-7-18(15-22(20)28)25(29)32-11-4-12-32/h5-10,13-15,29H,4,11-12H2,1-3H3,(H,30,34)(H,31,33). The zero-order valence-corrected chi connectivity index (χ0v) is 19.9. The number of halogens is 1. The van der Waals surface area contributed by atoms with Crippen molar-refractivity contribution in [2.75, 3.05) is 30.8 Å². The lowest BCUT2D eigenvalue weighted by atomic mass is 10.0. The minimum atomic E-state index is -0.748. The van der Waals surface area contributed by atoms with Crippen LogP contribution in [0.2, 0.25) is 0 Å². The highest BCUT2D eigenvalue weighted by molar-refractivity contribution is 6.14. The van der Waals surface area contributed by atoms with Gasteiger partial charge in [-0.3, -0.25) is 15.0 Å². The average molecular weight is 475 g/mol. The van der Waals surface area contributed by atoms with Crippen LogP contribution in [0, 0.1) is 25.1 Å². The Kier molecular flexibility index (Phi) is 6.82. The summed E-state index contributed by atoms with van der Waals surface area (Å²) in [5, 5.41) is 13.7. The van der Waals surface area contributed by atoms with Crippen LogP contribution in [0.3, 0.4) is 0 Å². The van der Waals surface area contributed by atoms with Gasteiger partial charge in [-0.25, -0.2) is 4.39 Å². The molecule has 0 unspecified atom stereocenters. The molecule has 0 atom stereocenters. The van der Waals surface area contributed by atoms with E-state index in [0.29, 0.717) is 11.3 Å². The fourth-order valence-electron chi connectivity index (χ4n) is 3.81. The van der Waals surface area contributed by atoms with E-state index in [1.165, 1.54) is 19.2 Å². The van der Waals surface area contributed by atoms with Crippen LogP contribution in [0.4, 0.5) is 15.8 Å². The highest BCUT2D eigenvalue weighted by Crippen LogP contribution is 2.32. The van der Waals surface area contributed by atoms with Crippen molar-refractivity contribution in [3.63, 3.8) is 0 Å². The Bertz CT molecular complexity index is 1300. The van der Waals surface area contributed by atoms with Gasteiger partial charge in [-0.15, -0.1) is 0 Å². The fraction of sp³-hybridized carbons (Fsp3) is 0.222. The highest BCUT2D eigenvalue weighted by atomic mass is 19.1. The molecular formula is C27H27FN4O3. The van der Waals surface area contributed by atoms with Crippen molar-refractivity contribution < 1.29 is 18.7 Å². The molecule has 8 heteroatoms. The summed E-state index contributed by atoms with van der Waals surface area (Å²) >= 11 is 0. The van der Waals surface area contributed by atoms with Crippen LogP contribution in [-0.2, 0) is 0 Å². The largest absolute Gasteiger partial charge is 0.495 e. The molecule has 4 rings (SSSR count). The van der Waals surface area contributed by atoms with E-state index in [1.807, 2.05) is 30.9 Å². The Morgan fingerprint density at radius 1 is 0.914 bits per heavy atom. The second-order valence-corrected chi connectivity index (χ2v) is 8.55. The zero-order chi connectivity index (χ0) is 25.1. The van der Waals surface area contributed by atoms with E-state index in [4.69, 9.17) is 10.1 Å². The fourth-order valence-corrected chi connectivity index (χ4v) is 3.81. The molecule has 1 fully saturated rings. The highest BCUT2D eigenvalue weighted by Gasteiger charge is 2.23. The summed E-state index contributed by atoms with van der Waals surface area (Å²) in [5.41, 5.74) is 2.96. The van der Waals surface area contributed by atoms with Crippen LogP contribution in [0.1, 0.15) is 43.8 Å². The molecule has 1 saturated heterocycles. The molecular weight excluding hydrogens is 447 g/mol. The number of anilines is 2. The van der Waals surface area contributed by atoms with Crippen molar-refractivity contribution in [1.29, 1.82) is 5.41 Å². The number of carbonyl (C=O) groups is 2. The van der Waals surface area contributed by atoms with E-state index < -0.39 is 17.6 Å². The number of aryl methyl sites for hydroxylation is 2. The van der Waals surface area contributed by atoms with Gasteiger partial charge in [0.15, 0.2) is 0 Å². The molecule has 1 aliphatic heterocycles. The van der Waals surface area contributed by atoms with Gasteiger partial charge in [0, 0.05) is 24.3 Å². The molecule has 0 bridgehead atoms. The first-order valence-electron chi connectivity index (χ1n) is 11.3. The van der Waals surface area contributed by atoms with Crippen molar-refractivity contribution in [2.24, 2.45) is 0 Å². The number of hydrogen-bond acceptors (Lipinski definition) is 4. The third-order valence-electron chi connectivity index (χ3n) is 5.92. The number of methoxy groups -OCH3 is 1. The van der Waals surface area contributed by atoms with Crippen LogP contribution in [-0.4, -0.2) is 42.7 Å². The van der Waals surface area contributed by atoms with Crippen LogP contribution in [0.25, 0.3) is 0 Å². The van der Waals surface area contributed by atoms with Gasteiger partial charge in [-0.2, -0.15) is 0 Å². The van der Waals surface area contributed by atoms with Crippen LogP contribution in [0.15, 0.2) is 54.6 Å². The molecule has 0 aromatic heterocycles. The number of amidine groups is 1. The molecule has 0 aliphatic carbocycles. The Morgan fingerprint density at radius 3 is 2.20 bits per heavy atom. The quantitative estimate of drug-likeness (QED) is 0.347. The Morgan fingerprint density at radius 2 is 1.60 bits per heavy atom. The van der Waals surface area contributed by atoms with E-state index in [9.17, 15) is 14.0 Å². The zero-order valence-electron chi connectivity index (χ0n) is 19.9. The normalized spacial score (nSPS) is 12.5. The number of amides is 2. The Balaban J connectivity index is 1.61. The molecule has 0 saturated carbocycles. The van der Waals surface area contributed by atoms with Crippen LogP contribution >= 0.6 is 0 Å². The second-order valence-electron chi connectivity index (χ2n) is 8.55. The van der Waals surface area contributed by atoms with Crippen LogP contribution in [0.5, 0.6) is 5.75 Å². The minimum absolute atomic E-state index is 0.143. The molecule has 1 aliphatic rings. The van der Waals surface area contributed by atoms with Crippen LogP contribution < -0.4 is 15.4 Å². The van der Waals surface area contributed by atoms with Crippen molar-refractivity contribution in [3.05, 3.63) is 88.2 Å². The summed E-state index contributed by atoms with van der Waals surface area (Å²) < 4.78 is 20.3. The maximum Gasteiger partial charge on any atom is 0.258 e. The number of ether oxygens (including phenoxy) is 1. The number of rotatable bonds is 6. The number of likely N-dealkylation sites (tertiary alicyclic amines) is 1. The number of benzene rings is 3. The van der Waals surface area contributed by atoms with Gasteiger partial charge < -0.3 is 20.3 Å². The van der Waals surface area contributed by atoms with Gasteiger partial charge in [-0.05, 0) is 62.2 Å². The SMILES string of the molecule is COc1cc(C)cc(C(=O)Nc2ccc(C)cc2)c1NC(=O)c1ccc(C(=N)N2CCC2)cc1F. The van der Waals surface area contributed by atoms with Crippen molar-refractivity contribution in [1.82, 2.24) is 4.90 Å². The predicted octanol–water partition coefficient (Wildman–Crippen LogP) is 4.99. The lowest BCUT2D eigenvalue weighted by Gasteiger charge is -2.33. The van der Waals surface area contributed by atoms with E-state index in [0.717, 1.165) is 30.6 Å². The van der Waals surface area contributed by atoms with Gasteiger partial charge in [0.1, 0.15) is 17.4 Å². The third-order valence-corrected chi connectivity index (χ3v) is 5.92.